The molecule has 6 heteroatoms. The van der Waals surface area contributed by atoms with E-state index in [1.54, 1.807) is 12.3 Å². The van der Waals surface area contributed by atoms with E-state index in [0.29, 0.717) is 11.7 Å². The van der Waals surface area contributed by atoms with E-state index in [1.807, 2.05) is 0 Å². The lowest BCUT2D eigenvalue weighted by molar-refractivity contribution is 0.0520. The maximum Gasteiger partial charge on any atom is 0.357 e. The zero-order valence-electron chi connectivity index (χ0n) is 6.33. The second kappa shape index (κ2) is 4.27. The average molecular weight is 207 g/mol. The van der Waals surface area contributed by atoms with Crippen molar-refractivity contribution in [3.05, 3.63) is 11.1 Å². The SMILES string of the molecule is CCOC(=O)c1csc(NCl)n1. The Morgan fingerprint density at radius 2 is 2.67 bits per heavy atom. The van der Waals surface area contributed by atoms with Crippen molar-refractivity contribution in [1.29, 1.82) is 0 Å². The minimum Gasteiger partial charge on any atom is -0.461 e. The number of hydrogen-bond donors (Lipinski definition) is 1. The Kier molecular flexibility index (Phi) is 3.31. The summed E-state index contributed by atoms with van der Waals surface area (Å²) < 4.78 is 4.72. The molecule has 12 heavy (non-hydrogen) atoms. The minimum absolute atomic E-state index is 0.282. The van der Waals surface area contributed by atoms with E-state index in [9.17, 15) is 4.79 Å². The predicted octanol–water partition coefficient (Wildman–Crippen LogP) is 1.89. The van der Waals surface area contributed by atoms with Gasteiger partial charge in [0.2, 0.25) is 0 Å². The number of nitrogens with one attached hydrogen (secondary N) is 1. The molecular weight excluding hydrogens is 200 g/mol. The minimum atomic E-state index is -0.424. The van der Waals surface area contributed by atoms with Crippen LogP contribution >= 0.6 is 23.1 Å². The van der Waals surface area contributed by atoms with Crippen LogP contribution in [0.25, 0.3) is 0 Å². The molecule has 0 amide bonds. The molecule has 1 N–H and O–H groups in total. The van der Waals surface area contributed by atoms with Gasteiger partial charge in [0.25, 0.3) is 0 Å². The number of aromatic nitrogens is 1. The molecule has 0 bridgehead atoms. The molecule has 0 fully saturated rings. The standard InChI is InChI=1S/C6H7ClN2O2S/c1-2-11-5(10)4-3-12-6(8-4)9-7/h3H,2H2,1H3,(H,8,9). The van der Waals surface area contributed by atoms with Gasteiger partial charge in [-0.1, -0.05) is 0 Å². The Morgan fingerprint density at radius 3 is 3.17 bits per heavy atom. The molecule has 0 aliphatic heterocycles. The molecule has 0 saturated carbocycles. The van der Waals surface area contributed by atoms with Crippen molar-refractivity contribution in [2.24, 2.45) is 0 Å². The smallest absolute Gasteiger partial charge is 0.357 e. The van der Waals surface area contributed by atoms with Crippen molar-refractivity contribution in [3.63, 3.8) is 0 Å². The van der Waals surface area contributed by atoms with Gasteiger partial charge in [-0.15, -0.1) is 11.3 Å². The number of hydrogen-bond acceptors (Lipinski definition) is 5. The van der Waals surface area contributed by atoms with Crippen LogP contribution in [0.5, 0.6) is 0 Å². The summed E-state index contributed by atoms with van der Waals surface area (Å²) in [7, 11) is 0. The monoisotopic (exact) mass is 206 g/mol. The third-order valence-electron chi connectivity index (χ3n) is 1.07. The summed E-state index contributed by atoms with van der Waals surface area (Å²) >= 11 is 6.52. The number of thiazole rings is 1. The molecule has 0 atom stereocenters. The third kappa shape index (κ3) is 2.09. The summed E-state index contributed by atoms with van der Waals surface area (Å²) in [6, 6.07) is 0. The Morgan fingerprint density at radius 1 is 1.92 bits per heavy atom. The van der Waals surface area contributed by atoms with Gasteiger partial charge >= 0.3 is 5.97 Å². The quantitative estimate of drug-likeness (QED) is 0.606. The average Bonchev–Trinajstić information content (AvgIpc) is 2.52. The predicted molar refractivity (Wildman–Crippen MR) is 47.5 cm³/mol. The first-order valence-corrected chi connectivity index (χ1v) is 4.53. The molecule has 1 aromatic rings. The summed E-state index contributed by atoms with van der Waals surface area (Å²) in [4.78, 5) is 17.2. The van der Waals surface area contributed by atoms with E-state index in [4.69, 9.17) is 16.5 Å². The van der Waals surface area contributed by atoms with Crippen molar-refractivity contribution in [1.82, 2.24) is 4.98 Å². The lowest BCUT2D eigenvalue weighted by Crippen LogP contribution is -2.04. The van der Waals surface area contributed by atoms with Crippen molar-refractivity contribution < 1.29 is 9.53 Å². The first kappa shape index (κ1) is 9.28. The van der Waals surface area contributed by atoms with Crippen LogP contribution in [-0.4, -0.2) is 17.6 Å². The van der Waals surface area contributed by atoms with Gasteiger partial charge in [-0.3, -0.25) is 4.84 Å². The van der Waals surface area contributed by atoms with Gasteiger partial charge in [-0.05, 0) is 6.92 Å². The number of carbonyl (C=O) groups excluding carboxylic acids is 1. The molecule has 1 aromatic heterocycles. The van der Waals surface area contributed by atoms with Crippen molar-refractivity contribution in [2.75, 3.05) is 11.4 Å². The molecule has 66 valence electrons. The lowest BCUT2D eigenvalue weighted by atomic mass is 10.5. The highest BCUT2D eigenvalue weighted by Gasteiger charge is 2.10. The summed E-state index contributed by atoms with van der Waals surface area (Å²) in [6.07, 6.45) is 0. The third-order valence-corrected chi connectivity index (χ3v) is 2.12. The maximum atomic E-state index is 11.0. The van der Waals surface area contributed by atoms with Crippen molar-refractivity contribution >= 4 is 34.2 Å². The van der Waals surface area contributed by atoms with Crippen LogP contribution < -0.4 is 4.84 Å². The second-order valence-electron chi connectivity index (χ2n) is 1.85. The Balaban J connectivity index is 2.68. The van der Waals surface area contributed by atoms with Crippen LogP contribution in [0.3, 0.4) is 0 Å². The van der Waals surface area contributed by atoms with Gasteiger partial charge < -0.3 is 4.74 Å². The molecule has 0 aromatic carbocycles. The van der Waals surface area contributed by atoms with E-state index in [0.717, 1.165) is 0 Å². The van der Waals surface area contributed by atoms with Gasteiger partial charge in [-0.25, -0.2) is 9.78 Å². The van der Waals surface area contributed by atoms with E-state index in [-0.39, 0.29) is 5.69 Å². The number of halogens is 1. The molecule has 0 saturated heterocycles. The van der Waals surface area contributed by atoms with Gasteiger partial charge in [0, 0.05) is 17.2 Å². The van der Waals surface area contributed by atoms with Crippen LogP contribution in [0.2, 0.25) is 0 Å². The number of ether oxygens (including phenoxy) is 1. The number of nitrogens with zero attached hydrogens (tertiary/aromatic N) is 1. The molecular formula is C6H7ClN2O2S. The highest BCUT2D eigenvalue weighted by Crippen LogP contribution is 2.16. The summed E-state index contributed by atoms with van der Waals surface area (Å²) in [5, 5.41) is 2.07. The first-order valence-electron chi connectivity index (χ1n) is 3.27. The van der Waals surface area contributed by atoms with E-state index >= 15 is 0 Å². The molecule has 4 nitrogen and oxygen atoms in total. The maximum absolute atomic E-state index is 11.0. The molecule has 1 rings (SSSR count). The summed E-state index contributed by atoms with van der Waals surface area (Å²) in [5.41, 5.74) is 0.282. The number of esters is 1. The molecule has 1 heterocycles. The summed E-state index contributed by atoms with van der Waals surface area (Å²) in [5.74, 6) is -0.424. The first-order chi connectivity index (χ1) is 5.77. The largest absolute Gasteiger partial charge is 0.461 e. The molecule has 0 radical (unpaired) electrons. The summed E-state index contributed by atoms with van der Waals surface area (Å²) in [6.45, 7) is 2.09. The van der Waals surface area contributed by atoms with Crippen LogP contribution in [0, 0.1) is 0 Å². The highest BCUT2D eigenvalue weighted by molar-refractivity contribution is 7.14. The highest BCUT2D eigenvalue weighted by atomic mass is 35.5. The molecule has 0 spiro atoms. The Bertz CT molecular complexity index is 276. The Hall–Kier alpha value is -0.810. The number of carbonyl (C=O) groups is 1. The molecule has 0 aliphatic rings. The van der Waals surface area contributed by atoms with Crippen LogP contribution in [0.1, 0.15) is 17.4 Å². The number of rotatable bonds is 3. The normalized spacial score (nSPS) is 9.50. The number of anilines is 1. The van der Waals surface area contributed by atoms with Crippen LogP contribution in [0.4, 0.5) is 5.13 Å². The Labute approximate surface area is 78.6 Å². The fourth-order valence-corrected chi connectivity index (χ4v) is 1.36. The van der Waals surface area contributed by atoms with Gasteiger partial charge in [0.05, 0.1) is 6.61 Å². The zero-order valence-corrected chi connectivity index (χ0v) is 7.91. The van der Waals surface area contributed by atoms with Gasteiger partial charge in [-0.2, -0.15) is 0 Å². The lowest BCUT2D eigenvalue weighted by Gasteiger charge is -1.95. The van der Waals surface area contributed by atoms with Gasteiger partial charge in [0.15, 0.2) is 10.8 Å². The second-order valence-corrected chi connectivity index (χ2v) is 2.90. The van der Waals surface area contributed by atoms with E-state index in [1.165, 1.54) is 11.3 Å². The van der Waals surface area contributed by atoms with E-state index in [2.05, 4.69) is 9.82 Å². The van der Waals surface area contributed by atoms with Crippen LogP contribution in [0.15, 0.2) is 5.38 Å². The van der Waals surface area contributed by atoms with E-state index < -0.39 is 5.97 Å². The molecule has 0 aliphatic carbocycles. The zero-order chi connectivity index (χ0) is 8.97. The fraction of sp³-hybridized carbons (Fsp3) is 0.333. The van der Waals surface area contributed by atoms with Crippen molar-refractivity contribution in [2.45, 2.75) is 6.92 Å². The topological polar surface area (TPSA) is 51.2 Å². The molecule has 0 unspecified atom stereocenters. The van der Waals surface area contributed by atoms with Gasteiger partial charge in [0.1, 0.15) is 0 Å². The fourth-order valence-electron chi connectivity index (χ4n) is 0.616. The van der Waals surface area contributed by atoms with Crippen molar-refractivity contribution in [3.8, 4) is 0 Å². The van der Waals surface area contributed by atoms with Crippen LogP contribution in [-0.2, 0) is 4.74 Å².